The highest BCUT2D eigenvalue weighted by Crippen LogP contribution is 2.22. The fraction of sp³-hybridized carbons (Fsp3) is 0.500. The predicted octanol–water partition coefficient (Wildman–Crippen LogP) is 2.79. The van der Waals surface area contributed by atoms with Gasteiger partial charge in [0.05, 0.1) is 0 Å². The third-order valence-electron chi connectivity index (χ3n) is 3.59. The molecule has 1 aromatic heterocycles. The quantitative estimate of drug-likeness (QED) is 0.617. The molecule has 1 aromatic rings. The molecule has 122 valence electrons. The van der Waals surface area contributed by atoms with Crippen molar-refractivity contribution in [1.82, 2.24) is 10.6 Å². The highest BCUT2D eigenvalue weighted by molar-refractivity contribution is 7.12. The first kappa shape index (κ1) is 18.9. The van der Waals surface area contributed by atoms with Crippen LogP contribution in [0.1, 0.15) is 39.4 Å². The van der Waals surface area contributed by atoms with Crippen LogP contribution in [0.4, 0.5) is 0 Å². The Morgan fingerprint density at radius 2 is 2.09 bits per heavy atom. The van der Waals surface area contributed by atoms with E-state index in [0.717, 1.165) is 34.8 Å². The summed E-state index contributed by atoms with van der Waals surface area (Å²) >= 11 is 1.63. The van der Waals surface area contributed by atoms with Gasteiger partial charge in [0.1, 0.15) is 0 Å². The van der Waals surface area contributed by atoms with Crippen molar-refractivity contribution < 1.29 is 9.59 Å². The van der Waals surface area contributed by atoms with Crippen molar-refractivity contribution in [1.29, 1.82) is 0 Å². The summed E-state index contributed by atoms with van der Waals surface area (Å²) in [7, 11) is 0. The van der Waals surface area contributed by atoms with E-state index in [1.807, 2.05) is 19.9 Å². The second kappa shape index (κ2) is 9.08. The summed E-state index contributed by atoms with van der Waals surface area (Å²) in [5, 5.41) is 6.13. The summed E-state index contributed by atoms with van der Waals surface area (Å²) in [6, 6.07) is 1.92. The lowest BCUT2D eigenvalue weighted by Gasteiger charge is -2.14. The van der Waals surface area contributed by atoms with Crippen LogP contribution in [0.5, 0.6) is 0 Å². The van der Waals surface area contributed by atoms with Crippen LogP contribution in [0, 0.1) is 13.8 Å². The average Bonchev–Trinajstić information content (AvgIpc) is 2.82. The maximum atomic E-state index is 12.1. The summed E-state index contributed by atoms with van der Waals surface area (Å²) in [6.07, 6.45) is 3.64. The molecule has 4 nitrogen and oxygen atoms in total. The molecule has 0 saturated heterocycles. The minimum Gasteiger partial charge on any atom is -0.352 e. The molecule has 0 atom stereocenters. The van der Waals surface area contributed by atoms with Gasteiger partial charge in [0.15, 0.2) is 5.78 Å². The Bertz CT molecular complexity index is 566. The van der Waals surface area contributed by atoms with Crippen LogP contribution in [0.2, 0.25) is 0 Å². The van der Waals surface area contributed by atoms with Gasteiger partial charge in [-0.2, -0.15) is 0 Å². The van der Waals surface area contributed by atoms with Crippen molar-refractivity contribution in [3.8, 4) is 0 Å². The van der Waals surface area contributed by atoms with Crippen LogP contribution < -0.4 is 10.6 Å². The number of amides is 1. The van der Waals surface area contributed by atoms with Crippen molar-refractivity contribution >= 4 is 35.4 Å². The van der Waals surface area contributed by atoms with Gasteiger partial charge in [-0.25, -0.2) is 0 Å². The standard InChI is InChI=1S/C16H22N2O2S.ClH/c1-11-9-14(12(2)21-11)15(19)3-4-16(20)18-10-13-5-7-17-8-6-13;/h5,9,17H,3-4,6-8,10H2,1-2H3,(H,18,20);1H. The van der Waals surface area contributed by atoms with E-state index in [1.54, 1.807) is 11.3 Å². The predicted molar refractivity (Wildman–Crippen MR) is 93.2 cm³/mol. The zero-order valence-corrected chi connectivity index (χ0v) is 14.7. The molecule has 1 aliphatic rings. The van der Waals surface area contributed by atoms with Gasteiger partial charge >= 0.3 is 0 Å². The average molecular weight is 343 g/mol. The topological polar surface area (TPSA) is 58.2 Å². The zero-order chi connectivity index (χ0) is 15.2. The minimum atomic E-state index is -0.0487. The van der Waals surface area contributed by atoms with Gasteiger partial charge in [-0.05, 0) is 32.9 Å². The molecule has 1 amide bonds. The summed E-state index contributed by atoms with van der Waals surface area (Å²) < 4.78 is 0. The highest BCUT2D eigenvalue weighted by Gasteiger charge is 2.14. The van der Waals surface area contributed by atoms with Crippen LogP contribution in [0.3, 0.4) is 0 Å². The van der Waals surface area contributed by atoms with E-state index < -0.39 is 0 Å². The second-order valence-electron chi connectivity index (χ2n) is 5.34. The van der Waals surface area contributed by atoms with Gasteiger partial charge < -0.3 is 10.6 Å². The van der Waals surface area contributed by atoms with Gasteiger partial charge in [0.2, 0.25) is 5.91 Å². The summed E-state index contributed by atoms with van der Waals surface area (Å²) in [4.78, 5) is 26.1. The monoisotopic (exact) mass is 342 g/mol. The van der Waals surface area contributed by atoms with Gasteiger partial charge in [0, 0.05) is 41.2 Å². The lowest BCUT2D eigenvalue weighted by molar-refractivity contribution is -0.120. The van der Waals surface area contributed by atoms with E-state index in [4.69, 9.17) is 0 Å². The number of ketones is 1. The third-order valence-corrected chi connectivity index (χ3v) is 4.56. The molecule has 2 rings (SSSR count). The Morgan fingerprint density at radius 1 is 1.32 bits per heavy atom. The van der Waals surface area contributed by atoms with E-state index in [0.29, 0.717) is 6.54 Å². The van der Waals surface area contributed by atoms with E-state index in [1.165, 1.54) is 5.57 Å². The molecule has 6 heteroatoms. The number of Topliss-reactive ketones (excluding diaryl/α,β-unsaturated/α-hetero) is 1. The molecule has 0 aromatic carbocycles. The molecule has 0 bridgehead atoms. The molecule has 1 aliphatic heterocycles. The van der Waals surface area contributed by atoms with Crippen molar-refractivity contribution in [2.24, 2.45) is 0 Å². The molecule has 0 aliphatic carbocycles. The summed E-state index contributed by atoms with van der Waals surface area (Å²) in [5.74, 6) is 0.0143. The van der Waals surface area contributed by atoms with Gasteiger partial charge in [0.25, 0.3) is 0 Å². The number of rotatable bonds is 6. The molecular formula is C16H23ClN2O2S. The Balaban J connectivity index is 0.00000242. The number of aryl methyl sites for hydroxylation is 2. The van der Waals surface area contributed by atoms with Crippen LogP contribution in [0.25, 0.3) is 0 Å². The van der Waals surface area contributed by atoms with Crippen LogP contribution in [-0.2, 0) is 4.79 Å². The van der Waals surface area contributed by atoms with Gasteiger partial charge in [-0.15, -0.1) is 23.7 Å². The molecule has 2 N–H and O–H groups in total. The number of nitrogens with one attached hydrogen (secondary N) is 2. The fourth-order valence-electron chi connectivity index (χ4n) is 2.40. The number of carbonyl (C=O) groups excluding carboxylic acids is 2. The maximum absolute atomic E-state index is 12.1. The number of thiophene rings is 1. The van der Waals surface area contributed by atoms with Crippen molar-refractivity contribution in [3.05, 3.63) is 33.0 Å². The first-order chi connectivity index (χ1) is 10.1. The molecule has 0 radical (unpaired) electrons. The van der Waals surface area contributed by atoms with E-state index in [-0.39, 0.29) is 36.9 Å². The number of carbonyl (C=O) groups is 2. The zero-order valence-electron chi connectivity index (χ0n) is 13.0. The van der Waals surface area contributed by atoms with Crippen LogP contribution >= 0.6 is 23.7 Å². The SMILES string of the molecule is Cc1cc(C(=O)CCC(=O)NCC2=CCNCC2)c(C)s1.Cl. The third kappa shape index (κ3) is 5.55. The smallest absolute Gasteiger partial charge is 0.220 e. The van der Waals surface area contributed by atoms with Crippen LogP contribution in [-0.4, -0.2) is 31.3 Å². The molecule has 22 heavy (non-hydrogen) atoms. The van der Waals surface area contributed by atoms with Crippen molar-refractivity contribution in [3.63, 3.8) is 0 Å². The number of halogens is 1. The molecule has 0 unspecified atom stereocenters. The fourth-order valence-corrected chi connectivity index (χ4v) is 3.34. The number of hydrogen-bond donors (Lipinski definition) is 2. The lowest BCUT2D eigenvalue weighted by atomic mass is 10.1. The van der Waals surface area contributed by atoms with Gasteiger partial charge in [-0.3, -0.25) is 9.59 Å². The highest BCUT2D eigenvalue weighted by atomic mass is 35.5. The Hall–Kier alpha value is -1.17. The second-order valence-corrected chi connectivity index (χ2v) is 6.80. The van der Waals surface area contributed by atoms with Crippen molar-refractivity contribution in [2.45, 2.75) is 33.1 Å². The lowest BCUT2D eigenvalue weighted by Crippen LogP contribution is -2.29. The van der Waals surface area contributed by atoms with E-state index >= 15 is 0 Å². The minimum absolute atomic E-state index is 0. The summed E-state index contributed by atoms with van der Waals surface area (Å²) in [6.45, 7) is 6.39. The maximum Gasteiger partial charge on any atom is 0.220 e. The molecule has 0 fully saturated rings. The molecule has 0 spiro atoms. The summed E-state index contributed by atoms with van der Waals surface area (Å²) in [5.41, 5.74) is 2.03. The van der Waals surface area contributed by atoms with Crippen molar-refractivity contribution in [2.75, 3.05) is 19.6 Å². The Labute approximate surface area is 141 Å². The first-order valence-electron chi connectivity index (χ1n) is 7.32. The number of hydrogen-bond acceptors (Lipinski definition) is 4. The molecular weight excluding hydrogens is 320 g/mol. The molecule has 0 saturated carbocycles. The largest absolute Gasteiger partial charge is 0.352 e. The Morgan fingerprint density at radius 3 is 2.68 bits per heavy atom. The normalized spacial score (nSPS) is 14.0. The van der Waals surface area contributed by atoms with E-state index in [2.05, 4.69) is 16.7 Å². The Kier molecular flexibility index (Phi) is 7.79. The van der Waals surface area contributed by atoms with E-state index in [9.17, 15) is 9.59 Å². The van der Waals surface area contributed by atoms with Gasteiger partial charge in [-0.1, -0.05) is 11.6 Å². The molecule has 2 heterocycles. The van der Waals surface area contributed by atoms with Crippen LogP contribution in [0.15, 0.2) is 17.7 Å². The first-order valence-corrected chi connectivity index (χ1v) is 8.13.